The molecular formula is C13H17N. The Morgan fingerprint density at radius 2 is 2.21 bits per heavy atom. The molecule has 0 aliphatic heterocycles. The molecule has 1 aromatic carbocycles. The third-order valence-electron chi connectivity index (χ3n) is 3.39. The Labute approximate surface area is 85.6 Å². The first-order chi connectivity index (χ1) is 6.82. The molecule has 0 spiro atoms. The molecule has 0 bridgehead atoms. The summed E-state index contributed by atoms with van der Waals surface area (Å²) < 4.78 is 0. The van der Waals surface area contributed by atoms with Gasteiger partial charge in [0.2, 0.25) is 0 Å². The summed E-state index contributed by atoms with van der Waals surface area (Å²) in [5.74, 6) is 0. The van der Waals surface area contributed by atoms with Crippen LogP contribution in [-0.2, 0) is 11.8 Å². The van der Waals surface area contributed by atoms with E-state index in [1.165, 1.54) is 24.0 Å². The van der Waals surface area contributed by atoms with Crippen molar-refractivity contribution in [3.05, 3.63) is 48.0 Å². The van der Waals surface area contributed by atoms with E-state index in [2.05, 4.69) is 30.8 Å². The number of nitrogens with two attached hydrogens (primary N) is 1. The summed E-state index contributed by atoms with van der Waals surface area (Å²) in [6.45, 7) is 4.57. The Bertz CT molecular complexity index is 343. The summed E-state index contributed by atoms with van der Waals surface area (Å²) in [4.78, 5) is 0. The summed E-state index contributed by atoms with van der Waals surface area (Å²) in [5, 5.41) is 0. The van der Waals surface area contributed by atoms with Crippen LogP contribution in [0.1, 0.15) is 24.0 Å². The predicted molar refractivity (Wildman–Crippen MR) is 60.3 cm³/mol. The molecule has 1 aromatic rings. The van der Waals surface area contributed by atoms with Crippen LogP contribution in [0, 0.1) is 0 Å². The van der Waals surface area contributed by atoms with Gasteiger partial charge in [-0.1, -0.05) is 30.3 Å². The van der Waals surface area contributed by atoms with Crippen LogP contribution in [0.3, 0.4) is 0 Å². The van der Waals surface area contributed by atoms with Crippen molar-refractivity contribution in [3.8, 4) is 0 Å². The van der Waals surface area contributed by atoms with Gasteiger partial charge in [0.15, 0.2) is 0 Å². The average molecular weight is 187 g/mol. The van der Waals surface area contributed by atoms with E-state index in [1.807, 2.05) is 6.08 Å². The lowest BCUT2D eigenvalue weighted by Gasteiger charge is -2.27. The zero-order chi connectivity index (χ0) is 10.0. The second-order valence-corrected chi connectivity index (χ2v) is 4.13. The quantitative estimate of drug-likeness (QED) is 0.722. The molecule has 2 rings (SSSR count). The molecule has 1 aliphatic carbocycles. The fourth-order valence-corrected chi connectivity index (χ4v) is 2.55. The fourth-order valence-electron chi connectivity index (χ4n) is 2.55. The van der Waals surface area contributed by atoms with Crippen LogP contribution in [0.2, 0.25) is 0 Å². The maximum atomic E-state index is 5.92. The Hall–Kier alpha value is -1.08. The number of hydrogen-bond acceptors (Lipinski definition) is 1. The Balaban J connectivity index is 2.44. The molecule has 0 heterocycles. The van der Waals surface area contributed by atoms with Crippen LogP contribution < -0.4 is 5.73 Å². The van der Waals surface area contributed by atoms with E-state index in [-0.39, 0.29) is 5.41 Å². The van der Waals surface area contributed by atoms with Gasteiger partial charge in [-0.3, -0.25) is 0 Å². The van der Waals surface area contributed by atoms with Crippen LogP contribution in [-0.4, -0.2) is 6.54 Å². The lowest BCUT2D eigenvalue weighted by molar-refractivity contribution is 0.440. The standard InChI is InChI=1S/C13H17N/c1-2-8-13(10-14)9-7-11-5-3-4-6-12(11)13/h2-6H,1,7-10,14H2. The van der Waals surface area contributed by atoms with E-state index >= 15 is 0 Å². The van der Waals surface area contributed by atoms with Gasteiger partial charge < -0.3 is 5.73 Å². The summed E-state index contributed by atoms with van der Waals surface area (Å²) in [5.41, 5.74) is 9.02. The van der Waals surface area contributed by atoms with E-state index in [4.69, 9.17) is 5.73 Å². The smallest absolute Gasteiger partial charge is 0.0116 e. The van der Waals surface area contributed by atoms with Crippen molar-refractivity contribution in [2.45, 2.75) is 24.7 Å². The lowest BCUT2D eigenvalue weighted by Crippen LogP contribution is -2.32. The molecule has 0 aromatic heterocycles. The molecule has 0 amide bonds. The first-order valence-corrected chi connectivity index (χ1v) is 5.22. The number of benzene rings is 1. The van der Waals surface area contributed by atoms with Gasteiger partial charge >= 0.3 is 0 Å². The fraction of sp³-hybridized carbons (Fsp3) is 0.385. The molecule has 14 heavy (non-hydrogen) atoms. The summed E-state index contributed by atoms with van der Waals surface area (Å²) in [6, 6.07) is 8.66. The van der Waals surface area contributed by atoms with Gasteiger partial charge in [0.05, 0.1) is 0 Å². The number of aryl methyl sites for hydroxylation is 1. The van der Waals surface area contributed by atoms with Crippen LogP contribution in [0.4, 0.5) is 0 Å². The average Bonchev–Trinajstić information content (AvgIpc) is 2.59. The van der Waals surface area contributed by atoms with E-state index in [0.717, 1.165) is 13.0 Å². The highest BCUT2D eigenvalue weighted by atomic mass is 14.6. The normalized spacial score (nSPS) is 24.6. The minimum atomic E-state index is 0.179. The third-order valence-corrected chi connectivity index (χ3v) is 3.39. The van der Waals surface area contributed by atoms with Crippen LogP contribution in [0.15, 0.2) is 36.9 Å². The van der Waals surface area contributed by atoms with Gasteiger partial charge in [-0.05, 0) is 30.4 Å². The minimum Gasteiger partial charge on any atom is -0.330 e. The van der Waals surface area contributed by atoms with Crippen LogP contribution >= 0.6 is 0 Å². The zero-order valence-electron chi connectivity index (χ0n) is 8.50. The highest BCUT2D eigenvalue weighted by Crippen LogP contribution is 2.40. The minimum absolute atomic E-state index is 0.179. The molecular weight excluding hydrogens is 170 g/mol. The molecule has 0 saturated heterocycles. The van der Waals surface area contributed by atoms with Gasteiger partial charge in [-0.25, -0.2) is 0 Å². The van der Waals surface area contributed by atoms with Crippen molar-refractivity contribution in [2.75, 3.05) is 6.54 Å². The van der Waals surface area contributed by atoms with Gasteiger partial charge in [-0.2, -0.15) is 0 Å². The second-order valence-electron chi connectivity index (χ2n) is 4.13. The number of fused-ring (bicyclic) bond motifs is 1. The summed E-state index contributed by atoms with van der Waals surface area (Å²) in [7, 11) is 0. The highest BCUT2D eigenvalue weighted by molar-refractivity contribution is 5.40. The molecule has 0 saturated carbocycles. The molecule has 74 valence electrons. The van der Waals surface area contributed by atoms with Crippen LogP contribution in [0.25, 0.3) is 0 Å². The lowest BCUT2D eigenvalue weighted by atomic mass is 9.79. The van der Waals surface area contributed by atoms with Crippen molar-refractivity contribution in [1.82, 2.24) is 0 Å². The first kappa shape index (κ1) is 9.47. The Morgan fingerprint density at radius 1 is 1.43 bits per heavy atom. The molecule has 1 aliphatic rings. The molecule has 1 unspecified atom stereocenters. The summed E-state index contributed by atoms with van der Waals surface area (Å²) >= 11 is 0. The highest BCUT2D eigenvalue weighted by Gasteiger charge is 2.35. The molecule has 0 fully saturated rings. The van der Waals surface area contributed by atoms with E-state index < -0.39 is 0 Å². The van der Waals surface area contributed by atoms with Crippen molar-refractivity contribution >= 4 is 0 Å². The van der Waals surface area contributed by atoms with Crippen LogP contribution in [0.5, 0.6) is 0 Å². The molecule has 2 N–H and O–H groups in total. The summed E-state index contributed by atoms with van der Waals surface area (Å²) in [6.07, 6.45) is 5.34. The van der Waals surface area contributed by atoms with E-state index in [9.17, 15) is 0 Å². The first-order valence-electron chi connectivity index (χ1n) is 5.22. The predicted octanol–water partition coefficient (Wildman–Crippen LogP) is 2.41. The zero-order valence-corrected chi connectivity index (χ0v) is 8.50. The monoisotopic (exact) mass is 187 g/mol. The van der Waals surface area contributed by atoms with E-state index in [1.54, 1.807) is 0 Å². The van der Waals surface area contributed by atoms with Gasteiger partial charge in [0.1, 0.15) is 0 Å². The van der Waals surface area contributed by atoms with Crippen molar-refractivity contribution in [3.63, 3.8) is 0 Å². The van der Waals surface area contributed by atoms with Gasteiger partial charge in [0.25, 0.3) is 0 Å². The maximum Gasteiger partial charge on any atom is 0.0116 e. The number of allylic oxidation sites excluding steroid dienone is 1. The van der Waals surface area contributed by atoms with Gasteiger partial charge in [0, 0.05) is 12.0 Å². The van der Waals surface area contributed by atoms with Gasteiger partial charge in [-0.15, -0.1) is 6.58 Å². The topological polar surface area (TPSA) is 26.0 Å². The van der Waals surface area contributed by atoms with Crippen molar-refractivity contribution in [2.24, 2.45) is 5.73 Å². The van der Waals surface area contributed by atoms with Crippen molar-refractivity contribution < 1.29 is 0 Å². The molecule has 0 radical (unpaired) electrons. The SMILES string of the molecule is C=CCC1(CN)CCc2ccccc21. The number of hydrogen-bond donors (Lipinski definition) is 1. The second kappa shape index (κ2) is 3.58. The van der Waals surface area contributed by atoms with E-state index in [0.29, 0.717) is 0 Å². The molecule has 1 atom stereocenters. The maximum absolute atomic E-state index is 5.92. The number of rotatable bonds is 3. The third kappa shape index (κ3) is 1.28. The molecule has 1 heteroatoms. The van der Waals surface area contributed by atoms with Crippen molar-refractivity contribution in [1.29, 1.82) is 0 Å². The largest absolute Gasteiger partial charge is 0.330 e. The Kier molecular flexibility index (Phi) is 2.42. The molecule has 1 nitrogen and oxygen atoms in total. The Morgan fingerprint density at radius 3 is 2.93 bits per heavy atom.